The van der Waals surface area contributed by atoms with Crippen molar-refractivity contribution in [1.29, 1.82) is 0 Å². The number of esters is 1. The minimum absolute atomic E-state index is 0.344. The standard InChI is InChI=1S/C13H15N3O2/c1-3-18-13(17)10-7-15-16(8-10)11-6-4-5-9(2)12(11)14/h4-8H,3,14H2,1-2H3. The summed E-state index contributed by atoms with van der Waals surface area (Å²) in [5.41, 5.74) is 8.77. The Labute approximate surface area is 105 Å². The second-order valence-corrected chi connectivity index (χ2v) is 3.90. The highest BCUT2D eigenvalue weighted by atomic mass is 16.5. The molecule has 0 saturated carbocycles. The van der Waals surface area contributed by atoms with Gasteiger partial charge in [-0.2, -0.15) is 5.10 Å². The van der Waals surface area contributed by atoms with Crippen LogP contribution in [0.1, 0.15) is 22.8 Å². The first-order valence-electron chi connectivity index (χ1n) is 5.70. The maximum absolute atomic E-state index is 11.5. The normalized spacial score (nSPS) is 10.3. The highest BCUT2D eigenvalue weighted by molar-refractivity contribution is 5.89. The molecule has 0 aliphatic carbocycles. The van der Waals surface area contributed by atoms with Crippen molar-refractivity contribution in [3.63, 3.8) is 0 Å². The van der Waals surface area contributed by atoms with E-state index in [-0.39, 0.29) is 5.97 Å². The van der Waals surface area contributed by atoms with E-state index in [2.05, 4.69) is 5.10 Å². The van der Waals surface area contributed by atoms with Gasteiger partial charge in [-0.15, -0.1) is 0 Å². The topological polar surface area (TPSA) is 70.1 Å². The van der Waals surface area contributed by atoms with Crippen molar-refractivity contribution in [2.75, 3.05) is 12.3 Å². The second kappa shape index (κ2) is 4.91. The van der Waals surface area contributed by atoms with Crippen LogP contribution >= 0.6 is 0 Å². The van der Waals surface area contributed by atoms with Gasteiger partial charge in [-0.1, -0.05) is 12.1 Å². The lowest BCUT2D eigenvalue weighted by molar-refractivity contribution is 0.0526. The van der Waals surface area contributed by atoms with Gasteiger partial charge in [-0.25, -0.2) is 9.48 Å². The molecule has 0 bridgehead atoms. The monoisotopic (exact) mass is 245 g/mol. The number of nitrogen functional groups attached to an aromatic ring is 1. The van der Waals surface area contributed by atoms with E-state index >= 15 is 0 Å². The van der Waals surface area contributed by atoms with Gasteiger partial charge in [0.05, 0.1) is 29.7 Å². The van der Waals surface area contributed by atoms with E-state index in [4.69, 9.17) is 10.5 Å². The first-order chi connectivity index (χ1) is 8.63. The van der Waals surface area contributed by atoms with E-state index in [0.717, 1.165) is 11.3 Å². The number of carbonyl (C=O) groups is 1. The largest absolute Gasteiger partial charge is 0.462 e. The summed E-state index contributed by atoms with van der Waals surface area (Å²) >= 11 is 0. The van der Waals surface area contributed by atoms with Crippen LogP contribution in [-0.4, -0.2) is 22.4 Å². The Bertz CT molecular complexity index is 575. The van der Waals surface area contributed by atoms with Gasteiger partial charge in [0, 0.05) is 6.20 Å². The predicted octanol–water partition coefficient (Wildman–Crippen LogP) is 1.94. The molecule has 18 heavy (non-hydrogen) atoms. The molecule has 5 heteroatoms. The number of rotatable bonds is 3. The van der Waals surface area contributed by atoms with Gasteiger partial charge in [-0.3, -0.25) is 0 Å². The first-order valence-corrected chi connectivity index (χ1v) is 5.70. The predicted molar refractivity (Wildman–Crippen MR) is 68.7 cm³/mol. The number of anilines is 1. The summed E-state index contributed by atoms with van der Waals surface area (Å²) in [4.78, 5) is 11.5. The minimum atomic E-state index is -0.380. The van der Waals surface area contributed by atoms with E-state index in [1.54, 1.807) is 17.8 Å². The smallest absolute Gasteiger partial charge is 0.341 e. The first kappa shape index (κ1) is 12.2. The molecule has 0 amide bonds. The number of aryl methyl sites for hydroxylation is 1. The lowest BCUT2D eigenvalue weighted by atomic mass is 10.2. The molecule has 1 aromatic carbocycles. The Morgan fingerprint density at radius 2 is 2.28 bits per heavy atom. The SMILES string of the molecule is CCOC(=O)c1cnn(-c2cccc(C)c2N)c1. The van der Waals surface area contributed by atoms with Crippen molar-refractivity contribution in [3.05, 3.63) is 41.7 Å². The number of benzene rings is 1. The van der Waals surface area contributed by atoms with E-state index in [0.29, 0.717) is 17.9 Å². The van der Waals surface area contributed by atoms with Crippen molar-refractivity contribution < 1.29 is 9.53 Å². The number of para-hydroxylation sites is 1. The summed E-state index contributed by atoms with van der Waals surface area (Å²) in [6, 6.07) is 5.67. The van der Waals surface area contributed by atoms with Gasteiger partial charge in [0.15, 0.2) is 0 Å². The average molecular weight is 245 g/mol. The van der Waals surface area contributed by atoms with Crippen LogP contribution in [-0.2, 0) is 4.74 Å². The Kier molecular flexibility index (Phi) is 3.32. The maximum atomic E-state index is 11.5. The fraction of sp³-hybridized carbons (Fsp3) is 0.231. The number of hydrogen-bond donors (Lipinski definition) is 1. The molecule has 94 valence electrons. The zero-order valence-electron chi connectivity index (χ0n) is 10.4. The van der Waals surface area contributed by atoms with Crippen molar-refractivity contribution in [3.8, 4) is 5.69 Å². The second-order valence-electron chi connectivity index (χ2n) is 3.90. The van der Waals surface area contributed by atoms with Crippen molar-refractivity contribution in [2.45, 2.75) is 13.8 Å². The molecule has 0 aliphatic rings. The Balaban J connectivity index is 2.35. The Hall–Kier alpha value is -2.30. The van der Waals surface area contributed by atoms with Gasteiger partial charge >= 0.3 is 5.97 Å². The van der Waals surface area contributed by atoms with Crippen LogP contribution in [0.4, 0.5) is 5.69 Å². The van der Waals surface area contributed by atoms with Crippen LogP contribution in [0.25, 0.3) is 5.69 Å². The molecule has 0 radical (unpaired) electrons. The van der Waals surface area contributed by atoms with Gasteiger partial charge in [-0.05, 0) is 25.5 Å². The molecule has 1 heterocycles. The molecule has 2 aromatic rings. The number of nitrogens with two attached hydrogens (primary N) is 1. The molecule has 0 aliphatic heterocycles. The van der Waals surface area contributed by atoms with E-state index < -0.39 is 0 Å². The molecule has 5 nitrogen and oxygen atoms in total. The number of aromatic nitrogens is 2. The quantitative estimate of drug-likeness (QED) is 0.662. The number of carbonyl (C=O) groups excluding carboxylic acids is 1. The molecule has 0 saturated heterocycles. The molecule has 0 unspecified atom stereocenters. The molecule has 0 spiro atoms. The molecule has 1 aromatic heterocycles. The zero-order valence-corrected chi connectivity index (χ0v) is 10.4. The third-order valence-electron chi connectivity index (χ3n) is 2.64. The van der Waals surface area contributed by atoms with Gasteiger partial charge in [0.2, 0.25) is 0 Å². The van der Waals surface area contributed by atoms with E-state index in [1.165, 1.54) is 6.20 Å². The summed E-state index contributed by atoms with van der Waals surface area (Å²) < 4.78 is 6.49. The number of hydrogen-bond acceptors (Lipinski definition) is 4. The highest BCUT2D eigenvalue weighted by Crippen LogP contribution is 2.20. The van der Waals surface area contributed by atoms with Crippen LogP contribution in [0.2, 0.25) is 0 Å². The summed E-state index contributed by atoms with van der Waals surface area (Å²) in [5.74, 6) is -0.380. The number of nitrogens with zero attached hydrogens (tertiary/aromatic N) is 2. The van der Waals surface area contributed by atoms with Gasteiger partial charge in [0.25, 0.3) is 0 Å². The molecule has 2 rings (SSSR count). The Morgan fingerprint density at radius 3 is 3.00 bits per heavy atom. The van der Waals surface area contributed by atoms with Gasteiger partial charge in [0.1, 0.15) is 0 Å². The molecular formula is C13H15N3O2. The van der Waals surface area contributed by atoms with Crippen molar-refractivity contribution >= 4 is 11.7 Å². The van der Waals surface area contributed by atoms with E-state index in [9.17, 15) is 4.79 Å². The lowest BCUT2D eigenvalue weighted by Gasteiger charge is -2.07. The van der Waals surface area contributed by atoms with Crippen LogP contribution in [0.3, 0.4) is 0 Å². The zero-order chi connectivity index (χ0) is 13.1. The summed E-state index contributed by atoms with van der Waals surface area (Å²) in [6.07, 6.45) is 3.09. The molecule has 0 fully saturated rings. The summed E-state index contributed by atoms with van der Waals surface area (Å²) in [5, 5.41) is 4.13. The van der Waals surface area contributed by atoms with E-state index in [1.807, 2.05) is 25.1 Å². The maximum Gasteiger partial charge on any atom is 0.341 e. The van der Waals surface area contributed by atoms with Crippen LogP contribution < -0.4 is 5.73 Å². The average Bonchev–Trinajstić information content (AvgIpc) is 2.82. The number of ether oxygens (including phenoxy) is 1. The Morgan fingerprint density at radius 1 is 1.50 bits per heavy atom. The van der Waals surface area contributed by atoms with Crippen molar-refractivity contribution in [1.82, 2.24) is 9.78 Å². The minimum Gasteiger partial charge on any atom is -0.462 e. The molecule has 2 N–H and O–H groups in total. The highest BCUT2D eigenvalue weighted by Gasteiger charge is 2.11. The van der Waals surface area contributed by atoms with Crippen molar-refractivity contribution in [2.24, 2.45) is 0 Å². The summed E-state index contributed by atoms with van der Waals surface area (Å²) in [7, 11) is 0. The third-order valence-corrected chi connectivity index (χ3v) is 2.64. The van der Waals surface area contributed by atoms with Crippen LogP contribution in [0, 0.1) is 6.92 Å². The lowest BCUT2D eigenvalue weighted by Crippen LogP contribution is -2.04. The van der Waals surface area contributed by atoms with Crippen LogP contribution in [0.15, 0.2) is 30.6 Å². The molecular weight excluding hydrogens is 230 g/mol. The molecule has 0 atom stereocenters. The summed E-state index contributed by atoms with van der Waals surface area (Å²) in [6.45, 7) is 4.03. The van der Waals surface area contributed by atoms with Gasteiger partial charge < -0.3 is 10.5 Å². The third kappa shape index (κ3) is 2.20. The fourth-order valence-corrected chi connectivity index (χ4v) is 1.64. The fourth-order valence-electron chi connectivity index (χ4n) is 1.64. The van der Waals surface area contributed by atoms with Crippen LogP contribution in [0.5, 0.6) is 0 Å².